The highest BCUT2D eigenvalue weighted by Gasteiger charge is 2.30. The van der Waals surface area contributed by atoms with Crippen LogP contribution in [-0.2, 0) is 0 Å². The van der Waals surface area contributed by atoms with E-state index in [-0.39, 0.29) is 5.56 Å². The SMILES string of the molecule is Cc1cc(C(=O)O)ccc1NC(C)CC(F)(F)F. The van der Waals surface area contributed by atoms with Crippen LogP contribution in [0.25, 0.3) is 0 Å². The van der Waals surface area contributed by atoms with Crippen molar-refractivity contribution in [3.63, 3.8) is 0 Å². The molecule has 2 N–H and O–H groups in total. The Morgan fingerprint density at radius 1 is 1.44 bits per heavy atom. The topological polar surface area (TPSA) is 49.3 Å². The van der Waals surface area contributed by atoms with Crippen LogP contribution in [-0.4, -0.2) is 23.3 Å². The molecule has 1 unspecified atom stereocenters. The van der Waals surface area contributed by atoms with Gasteiger partial charge in [0.2, 0.25) is 0 Å². The van der Waals surface area contributed by atoms with E-state index in [9.17, 15) is 18.0 Å². The third kappa shape index (κ3) is 4.27. The number of carbonyl (C=O) groups is 1. The Morgan fingerprint density at radius 2 is 2.06 bits per heavy atom. The third-order valence-electron chi connectivity index (χ3n) is 2.41. The number of carboxylic acid groups (broad SMARTS) is 1. The predicted octanol–water partition coefficient (Wildman–Crippen LogP) is 3.45. The summed E-state index contributed by atoms with van der Waals surface area (Å²) >= 11 is 0. The number of halogens is 3. The lowest BCUT2D eigenvalue weighted by Gasteiger charge is -2.18. The van der Waals surface area contributed by atoms with Crippen molar-refractivity contribution in [3.05, 3.63) is 29.3 Å². The molecule has 18 heavy (non-hydrogen) atoms. The minimum atomic E-state index is -4.22. The number of aryl methyl sites for hydroxylation is 1. The molecule has 0 aromatic heterocycles. The van der Waals surface area contributed by atoms with Gasteiger partial charge in [0, 0.05) is 11.7 Å². The van der Waals surface area contributed by atoms with Crippen LogP contribution in [0.4, 0.5) is 18.9 Å². The maximum Gasteiger partial charge on any atom is 0.391 e. The van der Waals surface area contributed by atoms with E-state index in [1.165, 1.54) is 25.1 Å². The number of rotatable bonds is 4. The first-order valence-corrected chi connectivity index (χ1v) is 5.36. The minimum absolute atomic E-state index is 0.113. The number of alkyl halides is 3. The molecule has 6 heteroatoms. The molecule has 1 atom stereocenters. The fourth-order valence-corrected chi connectivity index (χ4v) is 1.62. The molecular weight excluding hydrogens is 247 g/mol. The van der Waals surface area contributed by atoms with Gasteiger partial charge in [-0.15, -0.1) is 0 Å². The van der Waals surface area contributed by atoms with Crippen molar-refractivity contribution in [3.8, 4) is 0 Å². The minimum Gasteiger partial charge on any atom is -0.478 e. The zero-order chi connectivity index (χ0) is 13.9. The summed E-state index contributed by atoms with van der Waals surface area (Å²) in [5, 5.41) is 11.5. The first-order chi connectivity index (χ1) is 8.19. The molecule has 0 amide bonds. The quantitative estimate of drug-likeness (QED) is 0.872. The number of hydrogen-bond donors (Lipinski definition) is 2. The molecule has 3 nitrogen and oxygen atoms in total. The zero-order valence-electron chi connectivity index (χ0n) is 10.0. The van der Waals surface area contributed by atoms with E-state index in [4.69, 9.17) is 5.11 Å². The molecule has 0 bridgehead atoms. The summed E-state index contributed by atoms with van der Waals surface area (Å²) in [5.74, 6) is -1.06. The van der Waals surface area contributed by atoms with Crippen molar-refractivity contribution in [2.24, 2.45) is 0 Å². The monoisotopic (exact) mass is 261 g/mol. The van der Waals surface area contributed by atoms with Gasteiger partial charge in [-0.3, -0.25) is 0 Å². The van der Waals surface area contributed by atoms with Crippen molar-refractivity contribution >= 4 is 11.7 Å². The van der Waals surface area contributed by atoms with E-state index in [2.05, 4.69) is 5.32 Å². The zero-order valence-corrected chi connectivity index (χ0v) is 10.0. The highest BCUT2D eigenvalue weighted by molar-refractivity contribution is 5.88. The van der Waals surface area contributed by atoms with E-state index in [0.29, 0.717) is 11.3 Å². The van der Waals surface area contributed by atoms with Gasteiger partial charge in [-0.1, -0.05) is 0 Å². The maximum absolute atomic E-state index is 12.2. The van der Waals surface area contributed by atoms with Gasteiger partial charge in [-0.25, -0.2) is 4.79 Å². The van der Waals surface area contributed by atoms with Crippen LogP contribution in [0.5, 0.6) is 0 Å². The van der Waals surface area contributed by atoms with Crippen LogP contribution in [0.15, 0.2) is 18.2 Å². The van der Waals surface area contributed by atoms with Crippen LogP contribution >= 0.6 is 0 Å². The lowest BCUT2D eigenvalue weighted by atomic mass is 10.1. The Balaban J connectivity index is 2.77. The molecule has 1 rings (SSSR count). The van der Waals surface area contributed by atoms with Crippen LogP contribution in [0.1, 0.15) is 29.3 Å². The fourth-order valence-electron chi connectivity index (χ4n) is 1.62. The second-order valence-corrected chi connectivity index (χ2v) is 4.20. The first kappa shape index (κ1) is 14.3. The first-order valence-electron chi connectivity index (χ1n) is 5.36. The highest BCUT2D eigenvalue weighted by atomic mass is 19.4. The summed E-state index contributed by atoms with van der Waals surface area (Å²) in [5.41, 5.74) is 1.22. The smallest absolute Gasteiger partial charge is 0.391 e. The molecule has 0 saturated carbocycles. The normalized spacial score (nSPS) is 13.2. The van der Waals surface area contributed by atoms with Crippen LogP contribution in [0.3, 0.4) is 0 Å². The average molecular weight is 261 g/mol. The number of anilines is 1. The van der Waals surface area contributed by atoms with Gasteiger partial charge in [0.25, 0.3) is 0 Å². The summed E-state index contributed by atoms with van der Waals surface area (Å²) in [6, 6.07) is 3.49. The van der Waals surface area contributed by atoms with Crippen LogP contribution < -0.4 is 5.32 Å². The lowest BCUT2D eigenvalue weighted by molar-refractivity contribution is -0.136. The predicted molar refractivity (Wildman–Crippen MR) is 61.9 cm³/mol. The molecular formula is C12H14F3NO2. The molecule has 0 heterocycles. The molecule has 0 saturated heterocycles. The Morgan fingerprint density at radius 3 is 2.50 bits per heavy atom. The largest absolute Gasteiger partial charge is 0.478 e. The Kier molecular flexibility index (Phi) is 4.21. The maximum atomic E-state index is 12.2. The molecule has 0 aliphatic carbocycles. The van der Waals surface area contributed by atoms with Crippen LogP contribution in [0, 0.1) is 6.92 Å². The van der Waals surface area contributed by atoms with Crippen molar-refractivity contribution < 1.29 is 23.1 Å². The summed E-state index contributed by atoms with van der Waals surface area (Å²) in [7, 11) is 0. The van der Waals surface area contributed by atoms with Gasteiger partial charge in [0.05, 0.1) is 12.0 Å². The number of carboxylic acids is 1. The molecule has 100 valence electrons. The fraction of sp³-hybridized carbons (Fsp3) is 0.417. The summed E-state index contributed by atoms with van der Waals surface area (Å²) in [6.45, 7) is 3.08. The van der Waals surface area contributed by atoms with Gasteiger partial charge in [0.1, 0.15) is 0 Å². The van der Waals surface area contributed by atoms with E-state index in [0.717, 1.165) is 0 Å². The van der Waals surface area contributed by atoms with Crippen LogP contribution in [0.2, 0.25) is 0 Å². The third-order valence-corrected chi connectivity index (χ3v) is 2.41. The standard InChI is InChI=1S/C12H14F3NO2/c1-7-5-9(11(17)18)3-4-10(7)16-8(2)6-12(13,14)15/h3-5,8,16H,6H2,1-2H3,(H,17,18). The lowest BCUT2D eigenvalue weighted by Crippen LogP contribution is -2.24. The van der Waals surface area contributed by atoms with Crippen molar-refractivity contribution in [1.82, 2.24) is 0 Å². The van der Waals surface area contributed by atoms with Crippen molar-refractivity contribution in [2.75, 3.05) is 5.32 Å². The van der Waals surface area contributed by atoms with Gasteiger partial charge in [0.15, 0.2) is 0 Å². The molecule has 0 fully saturated rings. The molecule has 0 spiro atoms. The number of nitrogens with one attached hydrogen (secondary N) is 1. The summed E-state index contributed by atoms with van der Waals surface area (Å²) in [6.07, 6.45) is -5.16. The Hall–Kier alpha value is -1.72. The van der Waals surface area contributed by atoms with E-state index in [1.54, 1.807) is 6.92 Å². The van der Waals surface area contributed by atoms with Gasteiger partial charge >= 0.3 is 12.1 Å². The Labute approximate surface area is 103 Å². The molecule has 0 radical (unpaired) electrons. The average Bonchev–Trinajstić information content (AvgIpc) is 2.17. The Bertz CT molecular complexity index is 443. The van der Waals surface area contributed by atoms with E-state index < -0.39 is 24.6 Å². The highest BCUT2D eigenvalue weighted by Crippen LogP contribution is 2.24. The second-order valence-electron chi connectivity index (χ2n) is 4.20. The molecule has 1 aromatic carbocycles. The van der Waals surface area contributed by atoms with Crippen molar-refractivity contribution in [1.29, 1.82) is 0 Å². The van der Waals surface area contributed by atoms with Gasteiger partial charge in [-0.2, -0.15) is 13.2 Å². The van der Waals surface area contributed by atoms with Gasteiger partial charge < -0.3 is 10.4 Å². The second kappa shape index (κ2) is 5.29. The number of hydrogen-bond acceptors (Lipinski definition) is 2. The summed E-state index contributed by atoms with van der Waals surface area (Å²) in [4.78, 5) is 10.7. The number of aromatic carboxylic acids is 1. The molecule has 0 aliphatic rings. The van der Waals surface area contributed by atoms with E-state index >= 15 is 0 Å². The van der Waals surface area contributed by atoms with Gasteiger partial charge in [-0.05, 0) is 37.6 Å². The summed E-state index contributed by atoms with van der Waals surface area (Å²) < 4.78 is 36.5. The molecule has 0 aliphatic heterocycles. The van der Waals surface area contributed by atoms with Crippen molar-refractivity contribution in [2.45, 2.75) is 32.5 Å². The van der Waals surface area contributed by atoms with E-state index in [1.807, 2.05) is 0 Å². The number of benzene rings is 1. The molecule has 1 aromatic rings.